The van der Waals surface area contributed by atoms with Crippen LogP contribution in [0, 0.1) is 5.92 Å². The number of hydrogen-bond donors (Lipinski definition) is 5. The third kappa shape index (κ3) is 6.65. The van der Waals surface area contributed by atoms with Gasteiger partial charge >= 0.3 is 5.97 Å². The van der Waals surface area contributed by atoms with Crippen molar-refractivity contribution in [2.45, 2.75) is 83.0 Å². The molecule has 2 saturated heterocycles. The van der Waals surface area contributed by atoms with E-state index in [0.717, 1.165) is 19.4 Å². The number of primary amides is 1. The minimum Gasteiger partial charge on any atom is -0.480 e. The van der Waals surface area contributed by atoms with Crippen LogP contribution in [0.4, 0.5) is 0 Å². The standard InChI is InChI=1S/C21H35N5O6/c1-3-12(2)17(19(29)24-14(21(31)32)8-9-16(22)27)25-18(28)15-7-5-11-26(15)20(30)13-6-4-10-23-13/h12-15,17,23H,3-11H2,1-2H3,(H2,22,27)(H,24,29)(H,25,28)(H,31,32). The number of carbonyl (C=O) groups excluding carboxylic acids is 4. The Labute approximate surface area is 187 Å². The first kappa shape index (κ1) is 25.6. The summed E-state index contributed by atoms with van der Waals surface area (Å²) in [6.45, 7) is 4.90. The summed E-state index contributed by atoms with van der Waals surface area (Å²) in [6.07, 6.45) is 3.10. The van der Waals surface area contributed by atoms with E-state index in [9.17, 15) is 29.1 Å². The number of aliphatic carboxylic acids is 1. The van der Waals surface area contributed by atoms with E-state index in [1.165, 1.54) is 0 Å². The van der Waals surface area contributed by atoms with E-state index < -0.39 is 41.8 Å². The molecular weight excluding hydrogens is 418 g/mol. The molecule has 5 unspecified atom stereocenters. The Kier molecular flexibility index (Phi) is 9.42. The van der Waals surface area contributed by atoms with Crippen molar-refractivity contribution in [1.82, 2.24) is 20.9 Å². The first-order valence-electron chi connectivity index (χ1n) is 11.3. The molecule has 4 amide bonds. The summed E-state index contributed by atoms with van der Waals surface area (Å²) in [5.41, 5.74) is 5.08. The number of nitrogens with one attached hydrogen (secondary N) is 3. The van der Waals surface area contributed by atoms with Crippen LogP contribution in [0.1, 0.15) is 58.8 Å². The van der Waals surface area contributed by atoms with Gasteiger partial charge in [0.25, 0.3) is 0 Å². The molecule has 0 saturated carbocycles. The van der Waals surface area contributed by atoms with Gasteiger partial charge in [-0.3, -0.25) is 19.2 Å². The topological polar surface area (TPSA) is 171 Å². The molecule has 11 heteroatoms. The Balaban J connectivity index is 2.07. The minimum atomic E-state index is -1.29. The zero-order valence-corrected chi connectivity index (χ0v) is 18.8. The van der Waals surface area contributed by atoms with Gasteiger partial charge in [0.15, 0.2) is 0 Å². The number of nitrogens with zero attached hydrogens (tertiary/aromatic N) is 1. The fraction of sp³-hybridized carbons (Fsp3) is 0.762. The Morgan fingerprint density at radius 3 is 2.44 bits per heavy atom. The van der Waals surface area contributed by atoms with Crippen molar-refractivity contribution in [3.8, 4) is 0 Å². The number of rotatable bonds is 11. The van der Waals surface area contributed by atoms with Gasteiger partial charge in [-0.05, 0) is 44.6 Å². The molecule has 2 aliphatic heterocycles. The Morgan fingerprint density at radius 2 is 1.88 bits per heavy atom. The van der Waals surface area contributed by atoms with Crippen molar-refractivity contribution >= 4 is 29.6 Å². The van der Waals surface area contributed by atoms with Crippen LogP contribution in [0.15, 0.2) is 0 Å². The molecule has 0 aromatic heterocycles. The van der Waals surface area contributed by atoms with E-state index in [0.29, 0.717) is 25.8 Å². The van der Waals surface area contributed by atoms with E-state index in [1.807, 2.05) is 6.92 Å². The maximum Gasteiger partial charge on any atom is 0.326 e. The summed E-state index contributed by atoms with van der Waals surface area (Å²) in [5, 5.41) is 17.7. The highest BCUT2D eigenvalue weighted by Gasteiger charge is 2.39. The first-order valence-corrected chi connectivity index (χ1v) is 11.3. The third-order valence-electron chi connectivity index (χ3n) is 6.28. The van der Waals surface area contributed by atoms with Gasteiger partial charge in [0.2, 0.25) is 23.6 Å². The van der Waals surface area contributed by atoms with Crippen LogP contribution in [-0.2, 0) is 24.0 Å². The zero-order chi connectivity index (χ0) is 23.8. The Hall–Kier alpha value is -2.69. The molecular formula is C21H35N5O6. The van der Waals surface area contributed by atoms with E-state index in [-0.39, 0.29) is 30.7 Å². The predicted molar refractivity (Wildman–Crippen MR) is 115 cm³/mol. The lowest BCUT2D eigenvalue weighted by atomic mass is 9.97. The van der Waals surface area contributed by atoms with Crippen LogP contribution in [0.25, 0.3) is 0 Å². The molecule has 32 heavy (non-hydrogen) atoms. The Morgan fingerprint density at radius 1 is 1.16 bits per heavy atom. The molecule has 0 aromatic rings. The lowest BCUT2D eigenvalue weighted by molar-refractivity contribution is -0.143. The van der Waals surface area contributed by atoms with Crippen LogP contribution in [0.5, 0.6) is 0 Å². The summed E-state index contributed by atoms with van der Waals surface area (Å²) in [6, 6.07) is -3.20. The number of likely N-dealkylation sites (tertiary alicyclic amines) is 1. The van der Waals surface area contributed by atoms with Gasteiger partial charge in [-0.25, -0.2) is 4.79 Å². The molecule has 0 bridgehead atoms. The molecule has 0 aliphatic carbocycles. The molecule has 180 valence electrons. The van der Waals surface area contributed by atoms with Gasteiger partial charge in [-0.2, -0.15) is 0 Å². The molecule has 2 heterocycles. The van der Waals surface area contributed by atoms with Gasteiger partial charge < -0.3 is 31.7 Å². The summed E-state index contributed by atoms with van der Waals surface area (Å²) in [4.78, 5) is 62.8. The van der Waals surface area contributed by atoms with Gasteiger partial charge in [0, 0.05) is 13.0 Å². The van der Waals surface area contributed by atoms with Crippen molar-refractivity contribution < 1.29 is 29.1 Å². The summed E-state index contributed by atoms with van der Waals surface area (Å²) in [5.74, 6) is -3.38. The van der Waals surface area contributed by atoms with Gasteiger partial charge in [-0.15, -0.1) is 0 Å². The molecule has 6 N–H and O–H groups in total. The summed E-state index contributed by atoms with van der Waals surface area (Å²) < 4.78 is 0. The molecule has 2 rings (SSSR count). The van der Waals surface area contributed by atoms with E-state index >= 15 is 0 Å². The maximum absolute atomic E-state index is 13.1. The first-order chi connectivity index (χ1) is 15.1. The normalized spacial score (nSPS) is 23.2. The van der Waals surface area contributed by atoms with Crippen molar-refractivity contribution in [2.24, 2.45) is 11.7 Å². The maximum atomic E-state index is 13.1. The molecule has 2 fully saturated rings. The number of nitrogens with two attached hydrogens (primary N) is 1. The number of carboxylic acid groups (broad SMARTS) is 1. The van der Waals surface area contributed by atoms with E-state index in [1.54, 1.807) is 11.8 Å². The molecule has 0 spiro atoms. The highest BCUT2D eigenvalue weighted by molar-refractivity contribution is 5.94. The largest absolute Gasteiger partial charge is 0.480 e. The van der Waals surface area contributed by atoms with Crippen molar-refractivity contribution in [3.63, 3.8) is 0 Å². The fourth-order valence-electron chi connectivity index (χ4n) is 4.16. The Bertz CT molecular complexity index is 723. The van der Waals surface area contributed by atoms with Gasteiger partial charge in [-0.1, -0.05) is 20.3 Å². The molecule has 11 nitrogen and oxygen atoms in total. The molecule has 0 aromatic carbocycles. The van der Waals surface area contributed by atoms with Crippen LogP contribution in [-0.4, -0.2) is 76.9 Å². The van der Waals surface area contributed by atoms with Crippen LogP contribution < -0.4 is 21.7 Å². The summed E-state index contributed by atoms with van der Waals surface area (Å²) >= 11 is 0. The quantitative estimate of drug-likeness (QED) is 0.270. The van der Waals surface area contributed by atoms with Crippen molar-refractivity contribution in [2.75, 3.05) is 13.1 Å². The second-order valence-corrected chi connectivity index (χ2v) is 8.61. The predicted octanol–water partition coefficient (Wildman–Crippen LogP) is -0.905. The highest BCUT2D eigenvalue weighted by atomic mass is 16.4. The SMILES string of the molecule is CCC(C)C(NC(=O)C1CCCN1C(=O)C1CCCN1)C(=O)NC(CCC(N)=O)C(=O)O. The lowest BCUT2D eigenvalue weighted by Gasteiger charge is -2.30. The van der Waals surface area contributed by atoms with Crippen LogP contribution in [0.3, 0.4) is 0 Å². The van der Waals surface area contributed by atoms with Gasteiger partial charge in [0.1, 0.15) is 18.1 Å². The van der Waals surface area contributed by atoms with Gasteiger partial charge in [0.05, 0.1) is 6.04 Å². The van der Waals surface area contributed by atoms with E-state index in [4.69, 9.17) is 5.73 Å². The number of amides is 4. The van der Waals surface area contributed by atoms with Crippen molar-refractivity contribution in [1.29, 1.82) is 0 Å². The lowest BCUT2D eigenvalue weighted by Crippen LogP contribution is -2.58. The molecule has 5 atom stereocenters. The average molecular weight is 454 g/mol. The average Bonchev–Trinajstić information content (AvgIpc) is 3.45. The monoisotopic (exact) mass is 453 g/mol. The number of carboxylic acids is 1. The van der Waals surface area contributed by atoms with Crippen LogP contribution >= 0.6 is 0 Å². The highest BCUT2D eigenvalue weighted by Crippen LogP contribution is 2.21. The number of carbonyl (C=O) groups is 5. The van der Waals surface area contributed by atoms with Crippen LogP contribution in [0.2, 0.25) is 0 Å². The zero-order valence-electron chi connectivity index (χ0n) is 18.8. The smallest absolute Gasteiger partial charge is 0.326 e. The van der Waals surface area contributed by atoms with Crippen molar-refractivity contribution in [3.05, 3.63) is 0 Å². The summed E-state index contributed by atoms with van der Waals surface area (Å²) in [7, 11) is 0. The second kappa shape index (κ2) is 11.8. The fourth-order valence-corrected chi connectivity index (χ4v) is 4.16. The third-order valence-corrected chi connectivity index (χ3v) is 6.28. The molecule has 2 aliphatic rings. The minimum absolute atomic E-state index is 0.0953. The second-order valence-electron chi connectivity index (χ2n) is 8.61. The van der Waals surface area contributed by atoms with E-state index in [2.05, 4.69) is 16.0 Å². The molecule has 0 radical (unpaired) electrons. The number of hydrogen-bond acceptors (Lipinski definition) is 6.